The van der Waals surface area contributed by atoms with Crippen molar-refractivity contribution in [2.24, 2.45) is 0 Å². The average molecular weight is 1040 g/mol. The zero-order valence-corrected chi connectivity index (χ0v) is 45.3. The summed E-state index contributed by atoms with van der Waals surface area (Å²) in [5.74, 6) is 40.3. The number of hydrogen-bond acceptors (Lipinski definition) is 1. The molecule has 0 radical (unpaired) electrons. The van der Waals surface area contributed by atoms with E-state index in [1.165, 1.54) is 0 Å². The number of carbonyl (C=O) groups excluding carboxylic acids is 1. The second-order valence-corrected chi connectivity index (χ2v) is 19.8. The molecule has 0 unspecified atom stereocenters. The van der Waals surface area contributed by atoms with E-state index in [-0.39, 0.29) is 5.78 Å². The van der Waals surface area contributed by atoms with Crippen molar-refractivity contribution < 1.29 is 4.79 Å². The van der Waals surface area contributed by atoms with Crippen molar-refractivity contribution >= 4 is 5.78 Å². The Labute approximate surface area is 482 Å². The van der Waals surface area contributed by atoms with Crippen LogP contribution in [0.25, 0.3) is 33.4 Å². The van der Waals surface area contributed by atoms with Gasteiger partial charge in [0.25, 0.3) is 0 Å². The number of rotatable bonds is 5. The third-order valence-electron chi connectivity index (χ3n) is 13.4. The van der Waals surface area contributed by atoms with Crippen LogP contribution < -0.4 is 0 Å². The van der Waals surface area contributed by atoms with Gasteiger partial charge < -0.3 is 0 Å². The molecule has 11 aromatic carbocycles. The molecule has 0 N–H and O–H groups in total. The van der Waals surface area contributed by atoms with Gasteiger partial charge in [0.05, 0.1) is 0 Å². The lowest BCUT2D eigenvalue weighted by atomic mass is 9.93. The molecule has 0 aromatic heterocycles. The van der Waals surface area contributed by atoms with Gasteiger partial charge >= 0.3 is 0 Å². The lowest BCUT2D eigenvalue weighted by molar-refractivity contribution is 0.103. The second kappa shape index (κ2) is 25.3. The third-order valence-corrected chi connectivity index (χ3v) is 13.4. The Morgan fingerprint density at radius 3 is 0.793 bits per heavy atom. The molecule has 0 atom stereocenters. The summed E-state index contributed by atoms with van der Waals surface area (Å²) in [5, 5.41) is 0. The SMILES string of the molecule is Cc1ccc(C(=O)c2cc(C#Cc3ccccc3)cc(C#Cc3ccc(-c4ccc(C#Cc5cc(C#Cc6ccccc6)cc(-c6cc(C)cc(-c7cc(C#Cc8ccccc8)cc(C#Cc8ccccc8)c7)c6)c5)cc4)cc3)c2)cc1. The topological polar surface area (TPSA) is 17.1 Å². The summed E-state index contributed by atoms with van der Waals surface area (Å²) in [5.41, 5.74) is 20.1. The highest BCUT2D eigenvalue weighted by molar-refractivity contribution is 6.09. The van der Waals surface area contributed by atoms with Crippen molar-refractivity contribution in [2.75, 3.05) is 0 Å². The highest BCUT2D eigenvalue weighted by Gasteiger charge is 2.12. The Kier molecular flexibility index (Phi) is 16.2. The maximum absolute atomic E-state index is 13.7. The summed E-state index contributed by atoms with van der Waals surface area (Å²) < 4.78 is 0. The Morgan fingerprint density at radius 2 is 0.476 bits per heavy atom. The minimum absolute atomic E-state index is 0.0709. The molecule has 0 amide bonds. The molecule has 0 saturated heterocycles. The monoisotopic (exact) mass is 1040 g/mol. The van der Waals surface area contributed by atoms with E-state index in [4.69, 9.17) is 0 Å². The van der Waals surface area contributed by atoms with Crippen molar-refractivity contribution in [3.05, 3.63) is 356 Å². The molecular formula is C81H50O. The van der Waals surface area contributed by atoms with Gasteiger partial charge in [0.2, 0.25) is 0 Å². The van der Waals surface area contributed by atoms with Crippen LogP contribution in [0.4, 0.5) is 0 Å². The molecule has 11 aromatic rings. The molecule has 0 heterocycles. The average Bonchev–Trinajstić information content (AvgIpc) is 3.57. The number of hydrogen-bond donors (Lipinski definition) is 0. The van der Waals surface area contributed by atoms with Crippen LogP contribution in [0.1, 0.15) is 93.8 Å². The highest BCUT2D eigenvalue weighted by Crippen LogP contribution is 2.31. The van der Waals surface area contributed by atoms with Crippen molar-refractivity contribution in [1.82, 2.24) is 0 Å². The maximum Gasteiger partial charge on any atom is 0.193 e. The first kappa shape index (κ1) is 52.5. The van der Waals surface area contributed by atoms with Crippen molar-refractivity contribution in [3.63, 3.8) is 0 Å². The van der Waals surface area contributed by atoms with Crippen LogP contribution in [0, 0.1) is 84.9 Å². The van der Waals surface area contributed by atoms with E-state index in [0.29, 0.717) is 16.7 Å². The summed E-state index contributed by atoms with van der Waals surface area (Å²) in [6.07, 6.45) is 0. The van der Waals surface area contributed by atoms with E-state index in [9.17, 15) is 4.79 Å². The summed E-state index contributed by atoms with van der Waals surface area (Å²) in [6.45, 7) is 4.14. The molecule has 0 spiro atoms. The van der Waals surface area contributed by atoms with Gasteiger partial charge in [0.1, 0.15) is 0 Å². The molecule has 0 aliphatic carbocycles. The van der Waals surface area contributed by atoms with Crippen molar-refractivity contribution in [3.8, 4) is 104 Å². The zero-order valence-electron chi connectivity index (χ0n) is 45.3. The van der Waals surface area contributed by atoms with Crippen LogP contribution in [0.5, 0.6) is 0 Å². The van der Waals surface area contributed by atoms with Crippen LogP contribution in [-0.2, 0) is 0 Å². The van der Waals surface area contributed by atoms with Crippen LogP contribution in [0.15, 0.2) is 267 Å². The standard InChI is InChI=1S/C81H50O/c1-59-23-41-75(42-24-59)81(82)80-56-71(34-28-64-21-13-6-14-22-64)51-72(57-80)36-30-66-39-45-74(46-40-66)73-43-37-65(38-44-73)29-35-70-50-69(33-27-63-19-11-5-12-20-63)54-79(55-70)77-48-60(2)47-76(58-77)78-52-67(31-25-61-15-7-3-8-16-61)49-68(53-78)32-26-62-17-9-4-10-18-62/h3-24,37-58H,1-2H3. The normalized spacial score (nSPS) is 10.0. The van der Waals surface area contributed by atoms with Gasteiger partial charge in [-0.05, 0) is 186 Å². The van der Waals surface area contributed by atoms with Gasteiger partial charge in [0.15, 0.2) is 5.78 Å². The highest BCUT2D eigenvalue weighted by atomic mass is 16.1. The van der Waals surface area contributed by atoms with Crippen LogP contribution >= 0.6 is 0 Å². The van der Waals surface area contributed by atoms with Gasteiger partial charge in [-0.1, -0.05) is 210 Å². The van der Waals surface area contributed by atoms with Gasteiger partial charge in [-0.3, -0.25) is 4.79 Å². The minimum atomic E-state index is -0.0709. The first-order valence-electron chi connectivity index (χ1n) is 27.0. The predicted octanol–water partition coefficient (Wildman–Crippen LogP) is 16.9. The first-order valence-corrected chi connectivity index (χ1v) is 27.0. The summed E-state index contributed by atoms with van der Waals surface area (Å²) >= 11 is 0. The molecule has 0 bridgehead atoms. The number of ketones is 1. The molecule has 0 fully saturated rings. The fourth-order valence-corrected chi connectivity index (χ4v) is 9.21. The molecule has 0 aliphatic heterocycles. The van der Waals surface area contributed by atoms with Gasteiger partial charge in [-0.25, -0.2) is 0 Å². The molecule has 11 rings (SSSR count). The molecule has 380 valence electrons. The molecule has 1 heteroatoms. The number of benzene rings is 11. The van der Waals surface area contributed by atoms with E-state index >= 15 is 0 Å². The summed E-state index contributed by atoms with van der Waals surface area (Å²) in [4.78, 5) is 13.7. The molecular weight excluding hydrogens is 989 g/mol. The molecule has 0 aliphatic rings. The largest absolute Gasteiger partial charge is 0.289 e. The summed E-state index contributed by atoms with van der Waals surface area (Å²) in [6, 6.07) is 89.1. The zero-order chi connectivity index (χ0) is 55.9. The van der Waals surface area contributed by atoms with Gasteiger partial charge in [-0.2, -0.15) is 0 Å². The minimum Gasteiger partial charge on any atom is -0.289 e. The van der Waals surface area contributed by atoms with E-state index in [2.05, 4.69) is 169 Å². The van der Waals surface area contributed by atoms with Gasteiger partial charge in [-0.15, -0.1) is 0 Å². The fourth-order valence-electron chi connectivity index (χ4n) is 9.21. The van der Waals surface area contributed by atoms with Crippen LogP contribution in [0.3, 0.4) is 0 Å². The first-order chi connectivity index (χ1) is 40.3. The second-order valence-electron chi connectivity index (χ2n) is 19.8. The Morgan fingerprint density at radius 1 is 0.207 bits per heavy atom. The van der Waals surface area contributed by atoms with Crippen molar-refractivity contribution in [2.45, 2.75) is 13.8 Å². The van der Waals surface area contributed by atoms with E-state index < -0.39 is 0 Å². The van der Waals surface area contributed by atoms with Crippen LogP contribution in [0.2, 0.25) is 0 Å². The third kappa shape index (κ3) is 14.1. The molecule has 0 saturated carbocycles. The molecule has 82 heavy (non-hydrogen) atoms. The smallest absolute Gasteiger partial charge is 0.193 e. The Hall–Kier alpha value is -11.6. The van der Waals surface area contributed by atoms with Gasteiger partial charge in [0, 0.05) is 77.9 Å². The Balaban J connectivity index is 0.862. The lowest BCUT2D eigenvalue weighted by Gasteiger charge is -2.11. The van der Waals surface area contributed by atoms with Crippen molar-refractivity contribution in [1.29, 1.82) is 0 Å². The summed E-state index contributed by atoms with van der Waals surface area (Å²) in [7, 11) is 0. The van der Waals surface area contributed by atoms with E-state index in [0.717, 1.165) is 106 Å². The maximum atomic E-state index is 13.7. The molecule has 1 nitrogen and oxygen atoms in total. The van der Waals surface area contributed by atoms with Crippen LogP contribution in [-0.4, -0.2) is 5.78 Å². The van der Waals surface area contributed by atoms with E-state index in [1.807, 2.05) is 183 Å². The predicted molar refractivity (Wildman–Crippen MR) is 337 cm³/mol. The fraction of sp³-hybridized carbons (Fsp3) is 0.0247. The lowest BCUT2D eigenvalue weighted by Crippen LogP contribution is -2.02. The quantitative estimate of drug-likeness (QED) is 0.124. The number of aryl methyl sites for hydroxylation is 2. The number of carbonyl (C=O) groups is 1. The van der Waals surface area contributed by atoms with E-state index in [1.54, 1.807) is 0 Å². The Bertz CT molecular complexity index is 4480.